The molecule has 0 saturated carbocycles. The minimum absolute atomic E-state index is 0.624. The van der Waals surface area contributed by atoms with Gasteiger partial charge in [0.2, 0.25) is 0 Å². The summed E-state index contributed by atoms with van der Waals surface area (Å²) in [5.41, 5.74) is 2.83. The van der Waals surface area contributed by atoms with Crippen molar-refractivity contribution in [1.82, 2.24) is 0 Å². The highest BCUT2D eigenvalue weighted by Crippen LogP contribution is 2.14. The normalized spacial score (nSPS) is 11.0. The van der Waals surface area contributed by atoms with E-state index in [1.54, 1.807) is 0 Å². The Kier molecular flexibility index (Phi) is 4.35. The monoisotopic (exact) mass is 246 g/mol. The van der Waals surface area contributed by atoms with E-state index < -0.39 is 0 Å². The Bertz CT molecular complexity index is 428. The van der Waals surface area contributed by atoms with Crippen molar-refractivity contribution in [2.45, 2.75) is 32.9 Å². The second-order valence-corrected chi connectivity index (χ2v) is 5.70. The largest absolute Gasteiger partial charge is 0.338 e. The summed E-state index contributed by atoms with van der Waals surface area (Å²) < 4.78 is 0. The molecule has 0 radical (unpaired) electrons. The van der Waals surface area contributed by atoms with Crippen LogP contribution in [0.2, 0.25) is 0 Å². The van der Waals surface area contributed by atoms with E-state index in [9.17, 15) is 0 Å². The molecule has 2 rings (SSSR count). The second-order valence-electron chi connectivity index (χ2n) is 4.67. The zero-order valence-corrected chi connectivity index (χ0v) is 11.3. The van der Waals surface area contributed by atoms with E-state index in [4.69, 9.17) is 0 Å². The molecular weight excluding hydrogens is 226 g/mol. The summed E-state index contributed by atoms with van der Waals surface area (Å²) >= 11 is 1.83. The minimum Gasteiger partial charge on any atom is -0.338 e. The van der Waals surface area contributed by atoms with Gasteiger partial charge in [0, 0.05) is 5.56 Å². The summed E-state index contributed by atoms with van der Waals surface area (Å²) in [5, 5.41) is 4.50. The molecule has 2 heteroatoms. The smallest absolute Gasteiger partial charge is 0.111 e. The fourth-order valence-corrected chi connectivity index (χ4v) is 2.55. The van der Waals surface area contributed by atoms with Gasteiger partial charge in [-0.1, -0.05) is 44.2 Å². The number of hydrogen-bond acceptors (Lipinski definition) is 1. The fourth-order valence-electron chi connectivity index (χ4n) is 1.85. The van der Waals surface area contributed by atoms with Crippen LogP contribution in [0, 0.1) is 0 Å². The Labute approximate surface area is 108 Å². The van der Waals surface area contributed by atoms with Gasteiger partial charge in [0.05, 0.1) is 4.88 Å². The van der Waals surface area contributed by atoms with Crippen LogP contribution in [0.3, 0.4) is 0 Å². The van der Waals surface area contributed by atoms with Crippen LogP contribution < -0.4 is 5.32 Å². The molecule has 0 aliphatic carbocycles. The van der Waals surface area contributed by atoms with Gasteiger partial charge in [0.25, 0.3) is 0 Å². The van der Waals surface area contributed by atoms with Crippen LogP contribution in [-0.2, 0) is 13.1 Å². The van der Waals surface area contributed by atoms with Crippen molar-refractivity contribution in [3.8, 4) is 0 Å². The van der Waals surface area contributed by atoms with Crippen molar-refractivity contribution in [2.24, 2.45) is 0 Å². The molecule has 0 spiro atoms. The first kappa shape index (κ1) is 12.3. The molecular formula is C15H20NS+. The van der Waals surface area contributed by atoms with Crippen LogP contribution in [0.5, 0.6) is 0 Å². The van der Waals surface area contributed by atoms with E-state index in [-0.39, 0.29) is 0 Å². The lowest BCUT2D eigenvalue weighted by molar-refractivity contribution is -0.685. The highest BCUT2D eigenvalue weighted by Gasteiger charge is 2.01. The summed E-state index contributed by atoms with van der Waals surface area (Å²) in [7, 11) is 0. The van der Waals surface area contributed by atoms with E-state index >= 15 is 0 Å². The van der Waals surface area contributed by atoms with Crippen LogP contribution in [-0.4, -0.2) is 0 Å². The zero-order chi connectivity index (χ0) is 12.1. The van der Waals surface area contributed by atoms with Gasteiger partial charge in [0.1, 0.15) is 13.1 Å². The molecule has 0 aliphatic rings. The molecule has 0 saturated heterocycles. The third kappa shape index (κ3) is 3.69. The molecule has 0 amide bonds. The third-order valence-electron chi connectivity index (χ3n) is 2.95. The lowest BCUT2D eigenvalue weighted by Gasteiger charge is -2.06. The SMILES string of the molecule is CC(C)c1ccc(C[NH2+]Cc2cccs2)cc1. The van der Waals surface area contributed by atoms with Gasteiger partial charge in [-0.25, -0.2) is 0 Å². The summed E-state index contributed by atoms with van der Waals surface area (Å²) in [6, 6.07) is 13.3. The first-order valence-corrected chi connectivity index (χ1v) is 7.06. The maximum atomic E-state index is 2.36. The van der Waals surface area contributed by atoms with Gasteiger partial charge in [-0.15, -0.1) is 11.3 Å². The van der Waals surface area contributed by atoms with Crippen molar-refractivity contribution in [3.63, 3.8) is 0 Å². The molecule has 1 heterocycles. The molecule has 90 valence electrons. The van der Waals surface area contributed by atoms with E-state index in [0.717, 1.165) is 13.1 Å². The van der Waals surface area contributed by atoms with Crippen molar-refractivity contribution in [1.29, 1.82) is 0 Å². The first-order chi connectivity index (χ1) is 8.25. The molecule has 1 aromatic heterocycles. The molecule has 1 nitrogen and oxygen atoms in total. The quantitative estimate of drug-likeness (QED) is 0.834. The summed E-state index contributed by atoms with van der Waals surface area (Å²) in [6.45, 7) is 6.62. The molecule has 2 N–H and O–H groups in total. The second kappa shape index (κ2) is 5.99. The molecule has 1 aromatic carbocycles. The topological polar surface area (TPSA) is 16.6 Å². The predicted octanol–water partition coefficient (Wildman–Crippen LogP) is 3.14. The van der Waals surface area contributed by atoms with Gasteiger partial charge in [-0.3, -0.25) is 0 Å². The van der Waals surface area contributed by atoms with Crippen LogP contribution in [0.15, 0.2) is 41.8 Å². The zero-order valence-electron chi connectivity index (χ0n) is 10.5. The number of thiophene rings is 1. The summed E-state index contributed by atoms with van der Waals surface area (Å²) in [6.07, 6.45) is 0. The van der Waals surface area contributed by atoms with Crippen LogP contribution in [0.1, 0.15) is 35.8 Å². The molecule has 0 aliphatic heterocycles. The highest BCUT2D eigenvalue weighted by atomic mass is 32.1. The van der Waals surface area contributed by atoms with Crippen molar-refractivity contribution >= 4 is 11.3 Å². The molecule has 0 unspecified atom stereocenters. The first-order valence-electron chi connectivity index (χ1n) is 6.18. The third-order valence-corrected chi connectivity index (χ3v) is 3.85. The Morgan fingerprint density at radius 3 is 2.41 bits per heavy atom. The van der Waals surface area contributed by atoms with Crippen molar-refractivity contribution < 1.29 is 5.32 Å². The van der Waals surface area contributed by atoms with Gasteiger partial charge in [0.15, 0.2) is 0 Å². The number of hydrogen-bond donors (Lipinski definition) is 1. The van der Waals surface area contributed by atoms with Crippen LogP contribution in [0.25, 0.3) is 0 Å². The standard InChI is InChI=1S/C15H19NS/c1-12(2)14-7-5-13(6-8-14)10-16-11-15-4-3-9-17-15/h3-9,12,16H,10-11H2,1-2H3/p+1. The number of rotatable bonds is 5. The molecule has 17 heavy (non-hydrogen) atoms. The van der Waals surface area contributed by atoms with Crippen molar-refractivity contribution in [2.75, 3.05) is 0 Å². The number of quaternary nitrogens is 1. The van der Waals surface area contributed by atoms with E-state index in [0.29, 0.717) is 5.92 Å². The van der Waals surface area contributed by atoms with E-state index in [1.165, 1.54) is 16.0 Å². The Morgan fingerprint density at radius 2 is 1.82 bits per heavy atom. The van der Waals surface area contributed by atoms with E-state index in [2.05, 4.69) is 60.9 Å². The Balaban J connectivity index is 1.83. The fraction of sp³-hybridized carbons (Fsp3) is 0.333. The van der Waals surface area contributed by atoms with Crippen molar-refractivity contribution in [3.05, 3.63) is 57.8 Å². The highest BCUT2D eigenvalue weighted by molar-refractivity contribution is 7.09. The number of nitrogens with two attached hydrogens (primary N) is 1. The average Bonchev–Trinajstić information content (AvgIpc) is 2.83. The minimum atomic E-state index is 0.624. The van der Waals surface area contributed by atoms with Gasteiger partial charge < -0.3 is 5.32 Å². The van der Waals surface area contributed by atoms with Gasteiger partial charge in [-0.2, -0.15) is 0 Å². The Morgan fingerprint density at radius 1 is 1.06 bits per heavy atom. The predicted molar refractivity (Wildman–Crippen MR) is 74.2 cm³/mol. The summed E-state index contributed by atoms with van der Waals surface area (Å²) in [4.78, 5) is 1.45. The lowest BCUT2D eigenvalue weighted by Crippen LogP contribution is -2.80. The Hall–Kier alpha value is -1.12. The molecule has 0 atom stereocenters. The van der Waals surface area contributed by atoms with E-state index in [1.807, 2.05) is 11.3 Å². The molecule has 0 fully saturated rings. The lowest BCUT2D eigenvalue weighted by atomic mass is 10.0. The summed E-state index contributed by atoms with van der Waals surface area (Å²) in [5.74, 6) is 0.624. The van der Waals surface area contributed by atoms with Crippen LogP contribution >= 0.6 is 11.3 Å². The molecule has 0 bridgehead atoms. The van der Waals surface area contributed by atoms with Crippen LogP contribution in [0.4, 0.5) is 0 Å². The molecule has 2 aromatic rings. The number of benzene rings is 1. The van der Waals surface area contributed by atoms with Gasteiger partial charge in [-0.05, 0) is 22.9 Å². The average molecular weight is 246 g/mol. The maximum absolute atomic E-state index is 2.36. The van der Waals surface area contributed by atoms with Gasteiger partial charge >= 0.3 is 0 Å². The maximum Gasteiger partial charge on any atom is 0.111 e.